The third kappa shape index (κ3) is 5.95. The Hall–Kier alpha value is -3.17. The molecule has 0 aromatic heterocycles. The molecular formula is C25H31ClN4O2. The van der Waals surface area contributed by atoms with E-state index in [1.165, 1.54) is 16.8 Å². The van der Waals surface area contributed by atoms with Crippen LogP contribution in [0.25, 0.3) is 0 Å². The molecule has 1 fully saturated rings. The van der Waals surface area contributed by atoms with Gasteiger partial charge in [0.1, 0.15) is 17.4 Å². The van der Waals surface area contributed by atoms with E-state index < -0.39 is 0 Å². The Morgan fingerprint density at radius 2 is 1.78 bits per heavy atom. The zero-order valence-electron chi connectivity index (χ0n) is 19.1. The Kier molecular flexibility index (Phi) is 8.98. The fourth-order valence-corrected chi connectivity index (χ4v) is 3.74. The number of ether oxygens (including phenoxy) is 1. The van der Waals surface area contributed by atoms with Gasteiger partial charge in [-0.15, -0.1) is 12.4 Å². The summed E-state index contributed by atoms with van der Waals surface area (Å²) in [5.74, 6) is 0.405. The second kappa shape index (κ2) is 11.4. The second-order valence-corrected chi connectivity index (χ2v) is 7.86. The third-order valence-electron chi connectivity index (χ3n) is 5.87. The summed E-state index contributed by atoms with van der Waals surface area (Å²) in [4.78, 5) is 17.1. The van der Waals surface area contributed by atoms with E-state index in [0.717, 1.165) is 37.5 Å². The predicted molar refractivity (Wildman–Crippen MR) is 130 cm³/mol. The highest BCUT2D eigenvalue weighted by molar-refractivity contribution is 5.97. The summed E-state index contributed by atoms with van der Waals surface area (Å²) in [5, 5.41) is 12.5. The first-order valence-electron chi connectivity index (χ1n) is 10.5. The van der Waals surface area contributed by atoms with Crippen LogP contribution in [-0.2, 0) is 4.79 Å². The quantitative estimate of drug-likeness (QED) is 0.524. The SMILES string of the molecule is COc1ccc(C(C)NC(=O)/C(C#N)=C\N2CCN(c3cccc(C)c3C)CC2)cc1.Cl. The summed E-state index contributed by atoms with van der Waals surface area (Å²) in [7, 11) is 1.62. The number of piperazine rings is 1. The van der Waals surface area contributed by atoms with Gasteiger partial charge in [-0.3, -0.25) is 4.79 Å². The first kappa shape index (κ1) is 25.1. The highest BCUT2D eigenvalue weighted by atomic mass is 35.5. The van der Waals surface area contributed by atoms with Gasteiger partial charge in [-0.05, 0) is 55.7 Å². The molecular weight excluding hydrogens is 424 g/mol. The maximum atomic E-state index is 12.7. The van der Waals surface area contributed by atoms with E-state index in [1.807, 2.05) is 31.2 Å². The van der Waals surface area contributed by atoms with Crippen molar-refractivity contribution >= 4 is 24.0 Å². The number of rotatable bonds is 6. The Bertz CT molecular complexity index is 990. The summed E-state index contributed by atoms with van der Waals surface area (Å²) in [5.41, 5.74) is 4.93. The van der Waals surface area contributed by atoms with Crippen molar-refractivity contribution in [2.24, 2.45) is 0 Å². The maximum absolute atomic E-state index is 12.7. The number of anilines is 1. The Balaban J connectivity index is 0.00000363. The summed E-state index contributed by atoms with van der Waals surface area (Å²) in [6.07, 6.45) is 1.69. The molecule has 1 saturated heterocycles. The van der Waals surface area contributed by atoms with Crippen LogP contribution < -0.4 is 15.0 Å². The molecule has 1 aliphatic heterocycles. The molecule has 2 aromatic rings. The van der Waals surface area contributed by atoms with Crippen LogP contribution in [0.5, 0.6) is 5.75 Å². The monoisotopic (exact) mass is 454 g/mol. The van der Waals surface area contributed by atoms with E-state index in [4.69, 9.17) is 4.74 Å². The van der Waals surface area contributed by atoms with E-state index in [1.54, 1.807) is 13.3 Å². The molecule has 32 heavy (non-hydrogen) atoms. The maximum Gasteiger partial charge on any atom is 0.263 e. The van der Waals surface area contributed by atoms with Crippen molar-refractivity contribution in [3.8, 4) is 11.8 Å². The van der Waals surface area contributed by atoms with Gasteiger partial charge in [-0.25, -0.2) is 0 Å². The highest BCUT2D eigenvalue weighted by Crippen LogP contribution is 2.24. The second-order valence-electron chi connectivity index (χ2n) is 7.86. The number of halogens is 1. The number of nitriles is 1. The third-order valence-corrected chi connectivity index (χ3v) is 5.87. The first-order chi connectivity index (χ1) is 14.9. The molecule has 2 aromatic carbocycles. The molecule has 7 heteroatoms. The van der Waals surface area contributed by atoms with Crippen molar-refractivity contribution in [1.29, 1.82) is 5.26 Å². The number of aryl methyl sites for hydroxylation is 1. The lowest BCUT2D eigenvalue weighted by Gasteiger charge is -2.36. The Labute approximate surface area is 196 Å². The Morgan fingerprint density at radius 3 is 2.38 bits per heavy atom. The van der Waals surface area contributed by atoms with Crippen LogP contribution >= 0.6 is 12.4 Å². The van der Waals surface area contributed by atoms with Gasteiger partial charge < -0.3 is 19.9 Å². The molecule has 1 aliphatic rings. The van der Waals surface area contributed by atoms with Crippen LogP contribution in [0.15, 0.2) is 54.2 Å². The van der Waals surface area contributed by atoms with Crippen molar-refractivity contribution in [2.75, 3.05) is 38.2 Å². The summed E-state index contributed by atoms with van der Waals surface area (Å²) < 4.78 is 5.17. The Morgan fingerprint density at radius 1 is 1.12 bits per heavy atom. The standard InChI is InChI=1S/C25H30N4O2.ClH/c1-18-6-5-7-24(19(18)2)29-14-12-28(13-15-29)17-22(16-26)25(30)27-20(3)21-8-10-23(31-4)11-9-21;/h5-11,17,20H,12-15H2,1-4H3,(H,27,30);1H/b22-17-;. The molecule has 0 bridgehead atoms. The number of nitrogens with one attached hydrogen (secondary N) is 1. The van der Waals surface area contributed by atoms with E-state index in [9.17, 15) is 10.1 Å². The van der Waals surface area contributed by atoms with Crippen molar-refractivity contribution < 1.29 is 9.53 Å². The minimum absolute atomic E-state index is 0. The number of hydrogen-bond donors (Lipinski definition) is 1. The highest BCUT2D eigenvalue weighted by Gasteiger charge is 2.20. The van der Waals surface area contributed by atoms with E-state index in [2.05, 4.69) is 53.2 Å². The molecule has 6 nitrogen and oxygen atoms in total. The van der Waals surface area contributed by atoms with Crippen molar-refractivity contribution in [1.82, 2.24) is 10.2 Å². The van der Waals surface area contributed by atoms with E-state index in [0.29, 0.717) is 0 Å². The van der Waals surface area contributed by atoms with Crippen molar-refractivity contribution in [3.05, 3.63) is 70.9 Å². The molecule has 1 amide bonds. The fourth-order valence-electron chi connectivity index (χ4n) is 3.74. The van der Waals surface area contributed by atoms with Crippen LogP contribution in [0, 0.1) is 25.2 Å². The number of carbonyl (C=O) groups is 1. The molecule has 0 aliphatic carbocycles. The average molecular weight is 455 g/mol. The van der Waals surface area contributed by atoms with Crippen LogP contribution in [0.1, 0.15) is 29.7 Å². The van der Waals surface area contributed by atoms with Gasteiger partial charge in [-0.1, -0.05) is 24.3 Å². The lowest BCUT2D eigenvalue weighted by molar-refractivity contribution is -0.117. The largest absolute Gasteiger partial charge is 0.497 e. The van der Waals surface area contributed by atoms with Crippen LogP contribution in [-0.4, -0.2) is 44.1 Å². The topological polar surface area (TPSA) is 68.6 Å². The number of hydrogen-bond acceptors (Lipinski definition) is 5. The number of amides is 1. The van der Waals surface area contributed by atoms with Gasteiger partial charge in [-0.2, -0.15) is 5.26 Å². The van der Waals surface area contributed by atoms with E-state index in [-0.39, 0.29) is 29.9 Å². The minimum atomic E-state index is -0.359. The van der Waals surface area contributed by atoms with Gasteiger partial charge in [0.2, 0.25) is 0 Å². The van der Waals surface area contributed by atoms with Crippen LogP contribution in [0.4, 0.5) is 5.69 Å². The zero-order chi connectivity index (χ0) is 22.4. The zero-order valence-corrected chi connectivity index (χ0v) is 19.9. The summed E-state index contributed by atoms with van der Waals surface area (Å²) in [6.45, 7) is 9.41. The molecule has 1 unspecified atom stereocenters. The van der Waals surface area contributed by atoms with Crippen molar-refractivity contribution in [2.45, 2.75) is 26.8 Å². The lowest BCUT2D eigenvalue weighted by atomic mass is 10.1. The molecule has 1 atom stereocenters. The van der Waals surface area contributed by atoms with Crippen LogP contribution in [0.2, 0.25) is 0 Å². The smallest absolute Gasteiger partial charge is 0.263 e. The van der Waals surface area contributed by atoms with E-state index >= 15 is 0 Å². The lowest BCUT2D eigenvalue weighted by Crippen LogP contribution is -2.44. The minimum Gasteiger partial charge on any atom is -0.497 e. The number of methoxy groups -OCH3 is 1. The normalized spacial score (nSPS) is 14.8. The van der Waals surface area contributed by atoms with Gasteiger partial charge in [0.25, 0.3) is 5.91 Å². The van der Waals surface area contributed by atoms with Gasteiger partial charge in [0.05, 0.1) is 13.2 Å². The van der Waals surface area contributed by atoms with Crippen LogP contribution in [0.3, 0.4) is 0 Å². The number of nitrogens with zero attached hydrogens (tertiary/aromatic N) is 3. The number of carbonyl (C=O) groups excluding carboxylic acids is 1. The molecule has 0 radical (unpaired) electrons. The average Bonchev–Trinajstić information content (AvgIpc) is 2.79. The molecule has 170 valence electrons. The first-order valence-corrected chi connectivity index (χ1v) is 10.5. The number of benzene rings is 2. The van der Waals surface area contributed by atoms with Crippen molar-refractivity contribution in [3.63, 3.8) is 0 Å². The van der Waals surface area contributed by atoms with Gasteiger partial charge >= 0.3 is 0 Å². The van der Waals surface area contributed by atoms with Gasteiger partial charge in [0.15, 0.2) is 0 Å². The predicted octanol–water partition coefficient (Wildman–Crippen LogP) is 4.14. The molecule has 3 rings (SSSR count). The molecule has 1 heterocycles. The summed E-state index contributed by atoms with van der Waals surface area (Å²) >= 11 is 0. The summed E-state index contributed by atoms with van der Waals surface area (Å²) in [6, 6.07) is 15.7. The molecule has 0 spiro atoms. The fraction of sp³-hybridized carbons (Fsp3) is 0.360. The molecule has 1 N–H and O–H groups in total. The van der Waals surface area contributed by atoms with Gasteiger partial charge in [0, 0.05) is 38.1 Å². The molecule has 0 saturated carbocycles.